The standard InChI is InChI=1S/C19H18N2O4/c1-3-24-16-9-5-4-8-14(16)13(2)25-19(23)15-12-20-17-10-6-7-11-21(17)18(15)22/h4-13H,3H2,1-2H3. The van der Waals surface area contributed by atoms with Crippen LogP contribution in [0.25, 0.3) is 5.65 Å². The summed E-state index contributed by atoms with van der Waals surface area (Å²) in [5.74, 6) is -0.0618. The van der Waals surface area contributed by atoms with Gasteiger partial charge in [0.25, 0.3) is 5.56 Å². The summed E-state index contributed by atoms with van der Waals surface area (Å²) in [6, 6.07) is 12.5. The maximum absolute atomic E-state index is 12.5. The molecule has 2 heterocycles. The summed E-state index contributed by atoms with van der Waals surface area (Å²) in [6.45, 7) is 4.13. The monoisotopic (exact) mass is 338 g/mol. The molecule has 6 nitrogen and oxygen atoms in total. The first-order valence-corrected chi connectivity index (χ1v) is 8.01. The van der Waals surface area contributed by atoms with Crippen molar-refractivity contribution in [2.24, 2.45) is 0 Å². The lowest BCUT2D eigenvalue weighted by molar-refractivity contribution is 0.0330. The van der Waals surface area contributed by atoms with E-state index < -0.39 is 17.6 Å². The third-order valence-corrected chi connectivity index (χ3v) is 3.77. The zero-order valence-corrected chi connectivity index (χ0v) is 14.0. The van der Waals surface area contributed by atoms with E-state index in [0.29, 0.717) is 18.0 Å². The molecule has 0 saturated heterocycles. The van der Waals surface area contributed by atoms with Gasteiger partial charge in [0, 0.05) is 18.0 Å². The second-order valence-corrected chi connectivity index (χ2v) is 5.42. The Balaban J connectivity index is 1.88. The smallest absolute Gasteiger partial charge is 0.346 e. The Morgan fingerprint density at radius 1 is 1.20 bits per heavy atom. The molecule has 0 aliphatic heterocycles. The van der Waals surface area contributed by atoms with Gasteiger partial charge < -0.3 is 9.47 Å². The molecule has 0 amide bonds. The summed E-state index contributed by atoms with van der Waals surface area (Å²) < 4.78 is 12.3. The summed E-state index contributed by atoms with van der Waals surface area (Å²) in [5, 5.41) is 0. The first-order valence-electron chi connectivity index (χ1n) is 8.01. The van der Waals surface area contributed by atoms with Gasteiger partial charge in [0.05, 0.1) is 6.61 Å². The Kier molecular flexibility index (Phi) is 4.79. The molecule has 2 aromatic heterocycles. The molecule has 0 spiro atoms. The fraction of sp³-hybridized carbons (Fsp3) is 0.211. The van der Waals surface area contributed by atoms with Gasteiger partial charge in [0.2, 0.25) is 0 Å². The van der Waals surface area contributed by atoms with E-state index >= 15 is 0 Å². The average molecular weight is 338 g/mol. The highest BCUT2D eigenvalue weighted by Crippen LogP contribution is 2.27. The van der Waals surface area contributed by atoms with Crippen molar-refractivity contribution in [2.45, 2.75) is 20.0 Å². The van der Waals surface area contributed by atoms with Crippen LogP contribution in [-0.4, -0.2) is 22.0 Å². The first kappa shape index (κ1) is 16.7. The maximum Gasteiger partial charge on any atom is 0.346 e. The molecular weight excluding hydrogens is 320 g/mol. The van der Waals surface area contributed by atoms with Crippen LogP contribution in [0.5, 0.6) is 5.75 Å². The molecule has 0 fully saturated rings. The number of para-hydroxylation sites is 1. The molecule has 0 bridgehead atoms. The highest BCUT2D eigenvalue weighted by atomic mass is 16.5. The van der Waals surface area contributed by atoms with Crippen LogP contribution >= 0.6 is 0 Å². The lowest BCUT2D eigenvalue weighted by atomic mass is 10.1. The molecule has 0 saturated carbocycles. The van der Waals surface area contributed by atoms with Crippen molar-refractivity contribution in [1.29, 1.82) is 0 Å². The van der Waals surface area contributed by atoms with Gasteiger partial charge in [-0.3, -0.25) is 9.20 Å². The number of hydrogen-bond acceptors (Lipinski definition) is 5. The molecule has 1 unspecified atom stereocenters. The SMILES string of the molecule is CCOc1ccccc1C(C)OC(=O)c1cnc2ccccn2c1=O. The van der Waals surface area contributed by atoms with Crippen LogP contribution in [0, 0.1) is 0 Å². The van der Waals surface area contributed by atoms with E-state index in [9.17, 15) is 9.59 Å². The Labute approximate surface area is 144 Å². The van der Waals surface area contributed by atoms with Gasteiger partial charge in [0.15, 0.2) is 0 Å². The molecule has 6 heteroatoms. The summed E-state index contributed by atoms with van der Waals surface area (Å²) in [7, 11) is 0. The van der Waals surface area contributed by atoms with E-state index in [0.717, 1.165) is 5.56 Å². The molecule has 1 atom stereocenters. The van der Waals surface area contributed by atoms with Crippen molar-refractivity contribution in [3.8, 4) is 5.75 Å². The summed E-state index contributed by atoms with van der Waals surface area (Å²) in [4.78, 5) is 29.0. The molecule has 25 heavy (non-hydrogen) atoms. The van der Waals surface area contributed by atoms with Crippen LogP contribution in [0.1, 0.15) is 35.9 Å². The molecule has 1 aromatic carbocycles. The molecule has 128 valence electrons. The van der Waals surface area contributed by atoms with E-state index in [-0.39, 0.29) is 5.56 Å². The average Bonchev–Trinajstić information content (AvgIpc) is 2.63. The van der Waals surface area contributed by atoms with Crippen molar-refractivity contribution in [3.63, 3.8) is 0 Å². The van der Waals surface area contributed by atoms with Crippen LogP contribution in [0.3, 0.4) is 0 Å². The minimum absolute atomic E-state index is 0.107. The quantitative estimate of drug-likeness (QED) is 0.669. The Bertz CT molecular complexity index is 965. The number of fused-ring (bicyclic) bond motifs is 1. The van der Waals surface area contributed by atoms with Gasteiger partial charge in [-0.15, -0.1) is 0 Å². The fourth-order valence-corrected chi connectivity index (χ4v) is 2.56. The number of hydrogen-bond donors (Lipinski definition) is 0. The number of carbonyl (C=O) groups is 1. The minimum Gasteiger partial charge on any atom is -0.493 e. The molecular formula is C19H18N2O4. The van der Waals surface area contributed by atoms with Gasteiger partial charge in [-0.2, -0.15) is 0 Å². The number of rotatable bonds is 5. The van der Waals surface area contributed by atoms with Crippen molar-refractivity contribution >= 4 is 11.6 Å². The zero-order valence-electron chi connectivity index (χ0n) is 14.0. The van der Waals surface area contributed by atoms with Gasteiger partial charge in [-0.05, 0) is 32.0 Å². The van der Waals surface area contributed by atoms with Crippen molar-refractivity contribution in [1.82, 2.24) is 9.38 Å². The number of esters is 1. The Morgan fingerprint density at radius 2 is 1.96 bits per heavy atom. The number of carbonyl (C=O) groups excluding carboxylic acids is 1. The summed E-state index contributed by atoms with van der Waals surface area (Å²) in [6.07, 6.45) is 2.25. The van der Waals surface area contributed by atoms with Crippen LogP contribution in [-0.2, 0) is 4.74 Å². The lowest BCUT2D eigenvalue weighted by Gasteiger charge is -2.17. The van der Waals surface area contributed by atoms with Crippen molar-refractivity contribution in [2.75, 3.05) is 6.61 Å². The lowest BCUT2D eigenvalue weighted by Crippen LogP contribution is -2.24. The highest BCUT2D eigenvalue weighted by molar-refractivity contribution is 5.89. The van der Waals surface area contributed by atoms with E-state index in [2.05, 4.69) is 4.98 Å². The van der Waals surface area contributed by atoms with Gasteiger partial charge in [0.1, 0.15) is 23.1 Å². The normalized spacial score (nSPS) is 11.9. The second kappa shape index (κ2) is 7.17. The highest BCUT2D eigenvalue weighted by Gasteiger charge is 2.20. The molecule has 3 aromatic rings. The largest absolute Gasteiger partial charge is 0.493 e. The number of pyridine rings is 1. The third kappa shape index (κ3) is 3.38. The van der Waals surface area contributed by atoms with Crippen LogP contribution in [0.15, 0.2) is 59.7 Å². The molecule has 0 aliphatic rings. The molecule has 0 radical (unpaired) electrons. The topological polar surface area (TPSA) is 69.9 Å². The molecule has 0 N–H and O–H groups in total. The van der Waals surface area contributed by atoms with E-state index in [4.69, 9.17) is 9.47 Å². The Hall–Kier alpha value is -3.15. The van der Waals surface area contributed by atoms with Gasteiger partial charge in [-0.1, -0.05) is 24.3 Å². The maximum atomic E-state index is 12.5. The van der Waals surface area contributed by atoms with Crippen molar-refractivity contribution < 1.29 is 14.3 Å². The summed E-state index contributed by atoms with van der Waals surface area (Å²) in [5.41, 5.74) is 0.649. The third-order valence-electron chi connectivity index (χ3n) is 3.77. The van der Waals surface area contributed by atoms with Crippen LogP contribution in [0.4, 0.5) is 0 Å². The number of benzene rings is 1. The van der Waals surface area contributed by atoms with E-state index in [1.54, 1.807) is 31.3 Å². The van der Waals surface area contributed by atoms with Gasteiger partial charge >= 0.3 is 5.97 Å². The predicted molar refractivity (Wildman–Crippen MR) is 92.9 cm³/mol. The second-order valence-electron chi connectivity index (χ2n) is 5.42. The number of ether oxygens (including phenoxy) is 2. The van der Waals surface area contributed by atoms with E-state index in [1.165, 1.54) is 10.6 Å². The van der Waals surface area contributed by atoms with Crippen LogP contribution in [0.2, 0.25) is 0 Å². The van der Waals surface area contributed by atoms with Crippen LogP contribution < -0.4 is 10.3 Å². The summed E-state index contributed by atoms with van der Waals surface area (Å²) >= 11 is 0. The van der Waals surface area contributed by atoms with E-state index in [1.807, 2.05) is 31.2 Å². The van der Waals surface area contributed by atoms with Crippen molar-refractivity contribution in [3.05, 3.63) is 76.3 Å². The first-order chi connectivity index (χ1) is 12.1. The predicted octanol–water partition coefficient (Wildman–Crippen LogP) is 3.01. The zero-order chi connectivity index (χ0) is 17.8. The molecule has 3 rings (SSSR count). The number of aromatic nitrogens is 2. The Morgan fingerprint density at radius 3 is 2.76 bits per heavy atom. The molecule has 0 aliphatic carbocycles. The minimum atomic E-state index is -0.713. The van der Waals surface area contributed by atoms with Gasteiger partial charge in [-0.25, -0.2) is 9.78 Å². The number of nitrogens with zero attached hydrogens (tertiary/aromatic N) is 2. The fourth-order valence-electron chi connectivity index (χ4n) is 2.56.